The van der Waals surface area contributed by atoms with Crippen LogP contribution in [0.4, 0.5) is 5.69 Å². The Labute approximate surface area is 127 Å². The standard InChI is InChI=1S/C16H16N4O2/c1-3-20-14-9-8-11(10-13(14)18-19-20)16(21)17-12-6-4-5-7-15(12)22-2/h4-10H,3H2,1-2H3,(H,17,21). The second-order valence-electron chi connectivity index (χ2n) is 4.76. The van der Waals surface area contributed by atoms with E-state index in [0.29, 0.717) is 22.5 Å². The highest BCUT2D eigenvalue weighted by Crippen LogP contribution is 2.24. The Morgan fingerprint density at radius 3 is 2.86 bits per heavy atom. The molecule has 0 spiro atoms. The highest BCUT2D eigenvalue weighted by molar-refractivity contribution is 6.06. The molecule has 6 nitrogen and oxygen atoms in total. The number of para-hydroxylation sites is 2. The molecule has 1 aromatic heterocycles. The van der Waals surface area contributed by atoms with Crippen LogP contribution in [0.2, 0.25) is 0 Å². The monoisotopic (exact) mass is 296 g/mol. The van der Waals surface area contributed by atoms with Crippen molar-refractivity contribution in [2.75, 3.05) is 12.4 Å². The highest BCUT2D eigenvalue weighted by Gasteiger charge is 2.12. The molecule has 1 N–H and O–H groups in total. The van der Waals surface area contributed by atoms with Crippen LogP contribution in [0.3, 0.4) is 0 Å². The summed E-state index contributed by atoms with van der Waals surface area (Å²) in [4.78, 5) is 12.4. The molecule has 0 saturated carbocycles. The molecule has 0 radical (unpaired) electrons. The van der Waals surface area contributed by atoms with E-state index in [2.05, 4.69) is 15.6 Å². The maximum absolute atomic E-state index is 12.4. The van der Waals surface area contributed by atoms with E-state index >= 15 is 0 Å². The van der Waals surface area contributed by atoms with Gasteiger partial charge in [-0.1, -0.05) is 17.3 Å². The molecule has 0 aliphatic rings. The molecule has 6 heteroatoms. The third-order valence-electron chi connectivity index (χ3n) is 3.43. The summed E-state index contributed by atoms with van der Waals surface area (Å²) in [7, 11) is 1.57. The van der Waals surface area contributed by atoms with Gasteiger partial charge in [0.2, 0.25) is 0 Å². The van der Waals surface area contributed by atoms with Crippen molar-refractivity contribution in [3.8, 4) is 5.75 Å². The van der Waals surface area contributed by atoms with E-state index in [1.165, 1.54) is 0 Å². The number of amides is 1. The van der Waals surface area contributed by atoms with Crippen LogP contribution >= 0.6 is 0 Å². The molecular weight excluding hydrogens is 280 g/mol. The number of hydrogen-bond acceptors (Lipinski definition) is 4. The first kappa shape index (κ1) is 14.1. The summed E-state index contributed by atoms with van der Waals surface area (Å²) < 4.78 is 7.02. The Balaban J connectivity index is 1.89. The Hall–Kier alpha value is -2.89. The molecule has 1 heterocycles. The molecular formula is C16H16N4O2. The molecule has 0 aliphatic heterocycles. The van der Waals surface area contributed by atoms with Crippen LogP contribution in [0.25, 0.3) is 11.0 Å². The van der Waals surface area contributed by atoms with Gasteiger partial charge in [0.25, 0.3) is 5.91 Å². The molecule has 0 unspecified atom stereocenters. The van der Waals surface area contributed by atoms with Gasteiger partial charge in [0, 0.05) is 12.1 Å². The van der Waals surface area contributed by atoms with Crippen LogP contribution in [0.15, 0.2) is 42.5 Å². The van der Waals surface area contributed by atoms with E-state index in [1.807, 2.05) is 25.1 Å². The zero-order valence-electron chi connectivity index (χ0n) is 12.4. The summed E-state index contributed by atoms with van der Waals surface area (Å²) in [5.41, 5.74) is 2.78. The number of carbonyl (C=O) groups is 1. The zero-order valence-corrected chi connectivity index (χ0v) is 12.4. The summed E-state index contributed by atoms with van der Waals surface area (Å²) in [6, 6.07) is 12.6. The Morgan fingerprint density at radius 1 is 1.27 bits per heavy atom. The molecule has 112 valence electrons. The molecule has 1 amide bonds. The first-order valence-corrected chi connectivity index (χ1v) is 7.00. The molecule has 3 rings (SSSR count). The van der Waals surface area contributed by atoms with Crippen LogP contribution in [0, 0.1) is 0 Å². The van der Waals surface area contributed by atoms with Crippen LogP contribution in [0.1, 0.15) is 17.3 Å². The molecule has 0 saturated heterocycles. The van der Waals surface area contributed by atoms with Crippen molar-refractivity contribution < 1.29 is 9.53 Å². The minimum Gasteiger partial charge on any atom is -0.495 e. The number of hydrogen-bond donors (Lipinski definition) is 1. The van der Waals surface area contributed by atoms with E-state index < -0.39 is 0 Å². The third-order valence-corrected chi connectivity index (χ3v) is 3.43. The number of nitrogens with one attached hydrogen (secondary N) is 1. The topological polar surface area (TPSA) is 69.0 Å². The summed E-state index contributed by atoms with van der Waals surface area (Å²) in [6.45, 7) is 2.74. The zero-order chi connectivity index (χ0) is 15.5. The number of ether oxygens (including phenoxy) is 1. The van der Waals surface area contributed by atoms with Gasteiger partial charge in [0.05, 0.1) is 18.3 Å². The second-order valence-corrected chi connectivity index (χ2v) is 4.76. The number of aromatic nitrogens is 3. The predicted octanol–water partition coefficient (Wildman–Crippen LogP) is 2.71. The van der Waals surface area contributed by atoms with E-state index in [9.17, 15) is 4.79 Å². The van der Waals surface area contributed by atoms with Crippen molar-refractivity contribution in [1.82, 2.24) is 15.0 Å². The lowest BCUT2D eigenvalue weighted by Gasteiger charge is -2.09. The van der Waals surface area contributed by atoms with E-state index in [4.69, 9.17) is 4.74 Å². The maximum atomic E-state index is 12.4. The molecule has 0 fully saturated rings. The van der Waals surface area contributed by atoms with Crippen LogP contribution in [-0.4, -0.2) is 28.0 Å². The van der Waals surface area contributed by atoms with Gasteiger partial charge in [-0.15, -0.1) is 5.10 Å². The van der Waals surface area contributed by atoms with Crippen molar-refractivity contribution in [2.24, 2.45) is 0 Å². The summed E-state index contributed by atoms with van der Waals surface area (Å²) in [5.74, 6) is 0.409. The van der Waals surface area contributed by atoms with Gasteiger partial charge in [-0.25, -0.2) is 4.68 Å². The van der Waals surface area contributed by atoms with Crippen molar-refractivity contribution in [3.05, 3.63) is 48.0 Å². The number of benzene rings is 2. The van der Waals surface area contributed by atoms with Gasteiger partial charge in [0.1, 0.15) is 11.3 Å². The van der Waals surface area contributed by atoms with Crippen LogP contribution < -0.4 is 10.1 Å². The van der Waals surface area contributed by atoms with E-state index in [-0.39, 0.29) is 5.91 Å². The number of nitrogens with zero attached hydrogens (tertiary/aromatic N) is 3. The van der Waals surface area contributed by atoms with Gasteiger partial charge in [-0.3, -0.25) is 4.79 Å². The van der Waals surface area contributed by atoms with Crippen molar-refractivity contribution in [1.29, 1.82) is 0 Å². The number of anilines is 1. The first-order valence-electron chi connectivity index (χ1n) is 7.00. The number of methoxy groups -OCH3 is 1. The molecule has 2 aromatic carbocycles. The van der Waals surface area contributed by atoms with Gasteiger partial charge >= 0.3 is 0 Å². The molecule has 22 heavy (non-hydrogen) atoms. The fourth-order valence-corrected chi connectivity index (χ4v) is 2.29. The quantitative estimate of drug-likeness (QED) is 0.803. The van der Waals surface area contributed by atoms with E-state index in [0.717, 1.165) is 12.1 Å². The number of fused-ring (bicyclic) bond motifs is 1. The number of aryl methyl sites for hydroxylation is 1. The fraction of sp³-hybridized carbons (Fsp3) is 0.188. The summed E-state index contributed by atoms with van der Waals surface area (Å²) in [5, 5.41) is 11.0. The molecule has 3 aromatic rings. The van der Waals surface area contributed by atoms with Gasteiger partial charge in [-0.2, -0.15) is 0 Å². The van der Waals surface area contributed by atoms with Crippen molar-refractivity contribution in [3.63, 3.8) is 0 Å². The normalized spacial score (nSPS) is 10.6. The van der Waals surface area contributed by atoms with E-state index in [1.54, 1.807) is 36.1 Å². The van der Waals surface area contributed by atoms with Crippen LogP contribution in [0.5, 0.6) is 5.75 Å². The smallest absolute Gasteiger partial charge is 0.255 e. The lowest BCUT2D eigenvalue weighted by Crippen LogP contribution is -2.12. The highest BCUT2D eigenvalue weighted by atomic mass is 16.5. The Morgan fingerprint density at radius 2 is 2.09 bits per heavy atom. The van der Waals surface area contributed by atoms with Crippen molar-refractivity contribution >= 4 is 22.6 Å². The SMILES string of the molecule is CCn1nnc2cc(C(=O)Nc3ccccc3OC)ccc21. The summed E-state index contributed by atoms with van der Waals surface area (Å²) >= 11 is 0. The van der Waals surface area contributed by atoms with Gasteiger partial charge in [0.15, 0.2) is 0 Å². The maximum Gasteiger partial charge on any atom is 0.255 e. The summed E-state index contributed by atoms with van der Waals surface area (Å²) in [6.07, 6.45) is 0. The third kappa shape index (κ3) is 2.50. The lowest BCUT2D eigenvalue weighted by atomic mass is 10.1. The Kier molecular flexibility index (Phi) is 3.74. The average molecular weight is 296 g/mol. The molecule has 0 aliphatic carbocycles. The minimum absolute atomic E-state index is 0.211. The molecule has 0 atom stereocenters. The largest absolute Gasteiger partial charge is 0.495 e. The van der Waals surface area contributed by atoms with Gasteiger partial charge in [-0.05, 0) is 37.3 Å². The lowest BCUT2D eigenvalue weighted by molar-refractivity contribution is 0.102. The Bertz CT molecular complexity index is 826. The number of rotatable bonds is 4. The number of carbonyl (C=O) groups excluding carboxylic acids is 1. The van der Waals surface area contributed by atoms with Crippen molar-refractivity contribution in [2.45, 2.75) is 13.5 Å². The predicted molar refractivity (Wildman–Crippen MR) is 84.1 cm³/mol. The van der Waals surface area contributed by atoms with Gasteiger partial charge < -0.3 is 10.1 Å². The minimum atomic E-state index is -0.211. The second kappa shape index (κ2) is 5.85. The average Bonchev–Trinajstić information content (AvgIpc) is 2.97. The van der Waals surface area contributed by atoms with Crippen LogP contribution in [-0.2, 0) is 6.54 Å². The first-order chi connectivity index (χ1) is 10.7. The molecule has 0 bridgehead atoms. The fourth-order valence-electron chi connectivity index (χ4n) is 2.29.